The summed E-state index contributed by atoms with van der Waals surface area (Å²) in [6, 6.07) is 27.5. The van der Waals surface area contributed by atoms with Gasteiger partial charge in [0, 0.05) is 5.56 Å². The van der Waals surface area contributed by atoms with Crippen molar-refractivity contribution in [1.82, 2.24) is 0 Å². The van der Waals surface area contributed by atoms with Crippen molar-refractivity contribution < 1.29 is 14.0 Å². The zero-order valence-electron chi connectivity index (χ0n) is 15.2. The summed E-state index contributed by atoms with van der Waals surface area (Å²) in [5.74, 6) is 0.265. The van der Waals surface area contributed by atoms with Crippen molar-refractivity contribution in [1.29, 1.82) is 0 Å². The van der Waals surface area contributed by atoms with Crippen LogP contribution in [-0.2, 0) is 9.16 Å². The van der Waals surface area contributed by atoms with E-state index in [2.05, 4.69) is 30.8 Å². The largest absolute Gasteiger partial charge is 0.533 e. The number of esters is 1. The molecule has 135 valence electrons. The molecule has 3 rings (SSSR count). The van der Waals surface area contributed by atoms with Gasteiger partial charge in [0.15, 0.2) is 0 Å². The van der Waals surface area contributed by atoms with Crippen molar-refractivity contribution in [2.24, 2.45) is 0 Å². The first-order valence-corrected chi connectivity index (χ1v) is 10.2. The van der Waals surface area contributed by atoms with Crippen LogP contribution in [0.25, 0.3) is 5.76 Å². The SMILES string of the molecule is C=C(O[Si](c1ccccc1)c1ccccc1)c1ccc(C(=O)OCC)cc1. The Morgan fingerprint density at radius 1 is 0.815 bits per heavy atom. The lowest BCUT2D eigenvalue weighted by Crippen LogP contribution is -2.44. The summed E-state index contributed by atoms with van der Waals surface area (Å²) in [4.78, 5) is 11.8. The second kappa shape index (κ2) is 9.01. The molecule has 0 heterocycles. The van der Waals surface area contributed by atoms with Crippen LogP contribution >= 0.6 is 0 Å². The molecular formula is C23H21O3Si. The maximum Gasteiger partial charge on any atom is 0.352 e. The Labute approximate surface area is 161 Å². The van der Waals surface area contributed by atoms with E-state index in [1.54, 1.807) is 19.1 Å². The van der Waals surface area contributed by atoms with Crippen LogP contribution in [0.1, 0.15) is 22.8 Å². The van der Waals surface area contributed by atoms with Crippen LogP contribution in [0, 0.1) is 0 Å². The summed E-state index contributed by atoms with van der Waals surface area (Å²) in [5, 5.41) is 2.30. The Hall–Kier alpha value is -3.11. The molecule has 0 unspecified atom stereocenters. The van der Waals surface area contributed by atoms with Gasteiger partial charge < -0.3 is 9.16 Å². The normalized spacial score (nSPS) is 10.4. The van der Waals surface area contributed by atoms with Gasteiger partial charge in [-0.2, -0.15) is 0 Å². The van der Waals surface area contributed by atoms with E-state index >= 15 is 0 Å². The highest BCUT2D eigenvalue weighted by Gasteiger charge is 2.22. The van der Waals surface area contributed by atoms with Gasteiger partial charge in [-0.25, -0.2) is 4.79 Å². The highest BCUT2D eigenvalue weighted by atomic mass is 28.3. The molecule has 0 N–H and O–H groups in total. The van der Waals surface area contributed by atoms with Crippen LogP contribution in [0.3, 0.4) is 0 Å². The molecular weight excluding hydrogens is 352 g/mol. The number of hydrogen-bond donors (Lipinski definition) is 0. The predicted octanol–water partition coefficient (Wildman–Crippen LogP) is 3.66. The van der Waals surface area contributed by atoms with E-state index in [0.717, 1.165) is 15.9 Å². The standard InChI is InChI=1S/C23H21O3Si/c1-3-25-23(24)20-16-14-19(15-17-20)18(2)26-27(21-10-6-4-7-11-21)22-12-8-5-9-13-22/h4-17H,2-3H2,1H3. The molecule has 0 aromatic heterocycles. The van der Waals surface area contributed by atoms with Crippen LogP contribution in [0.15, 0.2) is 91.5 Å². The van der Waals surface area contributed by atoms with Gasteiger partial charge in [0.2, 0.25) is 0 Å². The number of carbonyl (C=O) groups is 1. The number of ether oxygens (including phenoxy) is 1. The van der Waals surface area contributed by atoms with Gasteiger partial charge in [-0.1, -0.05) is 79.4 Å². The second-order valence-electron chi connectivity index (χ2n) is 5.88. The van der Waals surface area contributed by atoms with Crippen LogP contribution in [-0.4, -0.2) is 21.6 Å². The quantitative estimate of drug-likeness (QED) is 0.360. The summed E-state index contributed by atoms with van der Waals surface area (Å²) >= 11 is 0. The van der Waals surface area contributed by atoms with E-state index < -0.39 is 9.04 Å². The lowest BCUT2D eigenvalue weighted by atomic mass is 10.1. The fourth-order valence-corrected chi connectivity index (χ4v) is 4.58. The molecule has 3 nitrogen and oxygen atoms in total. The molecule has 0 atom stereocenters. The van der Waals surface area contributed by atoms with E-state index in [0.29, 0.717) is 17.9 Å². The molecule has 0 aliphatic heterocycles. The van der Waals surface area contributed by atoms with E-state index in [1.807, 2.05) is 48.5 Å². The summed E-state index contributed by atoms with van der Waals surface area (Å²) in [7, 11) is -1.47. The molecule has 0 spiro atoms. The maximum absolute atomic E-state index is 11.8. The van der Waals surface area contributed by atoms with E-state index in [1.165, 1.54) is 0 Å². The lowest BCUT2D eigenvalue weighted by Gasteiger charge is -2.19. The fourth-order valence-electron chi connectivity index (χ4n) is 2.65. The highest BCUT2D eigenvalue weighted by Crippen LogP contribution is 2.16. The minimum atomic E-state index is -1.47. The highest BCUT2D eigenvalue weighted by molar-refractivity contribution is 6.80. The molecule has 4 heteroatoms. The number of hydrogen-bond acceptors (Lipinski definition) is 3. The molecule has 0 fully saturated rings. The Balaban J connectivity index is 1.82. The monoisotopic (exact) mass is 373 g/mol. The zero-order chi connectivity index (χ0) is 19.1. The maximum atomic E-state index is 11.8. The van der Waals surface area contributed by atoms with Crippen LogP contribution in [0.4, 0.5) is 0 Å². The first kappa shape index (κ1) is 18.7. The fraction of sp³-hybridized carbons (Fsp3) is 0.0870. The molecule has 0 aliphatic carbocycles. The minimum Gasteiger partial charge on any atom is -0.533 e. The van der Waals surface area contributed by atoms with E-state index in [4.69, 9.17) is 9.16 Å². The first-order valence-electron chi connectivity index (χ1n) is 8.81. The average molecular weight is 374 g/mol. The van der Waals surface area contributed by atoms with Crippen LogP contribution < -0.4 is 10.4 Å². The Kier molecular flexibility index (Phi) is 6.23. The molecule has 0 amide bonds. The predicted molar refractivity (Wildman–Crippen MR) is 110 cm³/mol. The topological polar surface area (TPSA) is 35.5 Å². The van der Waals surface area contributed by atoms with E-state index in [-0.39, 0.29) is 5.97 Å². The number of rotatable bonds is 7. The average Bonchev–Trinajstić information content (AvgIpc) is 2.73. The summed E-state index contributed by atoms with van der Waals surface area (Å²) < 4.78 is 11.4. The van der Waals surface area contributed by atoms with Gasteiger partial charge in [0.1, 0.15) is 5.76 Å². The number of benzene rings is 3. The van der Waals surface area contributed by atoms with Gasteiger partial charge in [0.25, 0.3) is 0 Å². The summed E-state index contributed by atoms with van der Waals surface area (Å²) in [5.41, 5.74) is 1.36. The summed E-state index contributed by atoms with van der Waals surface area (Å²) in [6.45, 7) is 6.26. The van der Waals surface area contributed by atoms with Gasteiger partial charge in [-0.05, 0) is 29.4 Å². The van der Waals surface area contributed by atoms with Crippen molar-refractivity contribution in [3.05, 3.63) is 103 Å². The third kappa shape index (κ3) is 4.74. The Morgan fingerprint density at radius 2 is 1.30 bits per heavy atom. The molecule has 1 radical (unpaired) electrons. The van der Waals surface area contributed by atoms with Crippen molar-refractivity contribution in [3.63, 3.8) is 0 Å². The second-order valence-corrected chi connectivity index (χ2v) is 7.90. The molecule has 3 aromatic rings. The molecule has 27 heavy (non-hydrogen) atoms. The van der Waals surface area contributed by atoms with Crippen molar-refractivity contribution >= 4 is 31.1 Å². The van der Waals surface area contributed by atoms with Crippen LogP contribution in [0.5, 0.6) is 0 Å². The zero-order valence-corrected chi connectivity index (χ0v) is 16.2. The third-order valence-corrected chi connectivity index (χ3v) is 6.18. The van der Waals surface area contributed by atoms with Gasteiger partial charge in [0.05, 0.1) is 12.2 Å². The van der Waals surface area contributed by atoms with E-state index in [9.17, 15) is 4.79 Å². The summed E-state index contributed by atoms with van der Waals surface area (Å²) in [6.07, 6.45) is 0. The van der Waals surface area contributed by atoms with Crippen molar-refractivity contribution in [2.75, 3.05) is 6.61 Å². The lowest BCUT2D eigenvalue weighted by molar-refractivity contribution is 0.0526. The smallest absolute Gasteiger partial charge is 0.352 e. The van der Waals surface area contributed by atoms with Gasteiger partial charge in [-0.15, -0.1) is 0 Å². The van der Waals surface area contributed by atoms with Crippen molar-refractivity contribution in [3.8, 4) is 0 Å². The Morgan fingerprint density at radius 3 is 1.78 bits per heavy atom. The molecule has 0 saturated heterocycles. The third-order valence-electron chi connectivity index (χ3n) is 4.02. The van der Waals surface area contributed by atoms with Crippen LogP contribution in [0.2, 0.25) is 0 Å². The van der Waals surface area contributed by atoms with Gasteiger partial charge >= 0.3 is 15.0 Å². The van der Waals surface area contributed by atoms with Crippen molar-refractivity contribution in [2.45, 2.75) is 6.92 Å². The number of carbonyl (C=O) groups excluding carboxylic acids is 1. The first-order chi connectivity index (χ1) is 13.2. The molecule has 3 aromatic carbocycles. The minimum absolute atomic E-state index is 0.325. The molecule has 0 saturated carbocycles. The van der Waals surface area contributed by atoms with Gasteiger partial charge in [-0.3, -0.25) is 0 Å². The molecule has 0 bridgehead atoms. The molecule has 0 aliphatic rings. The Bertz CT molecular complexity index is 850.